The third-order valence-corrected chi connectivity index (χ3v) is 3.51. The van der Waals surface area contributed by atoms with E-state index in [1.54, 1.807) is 18.2 Å². The molecule has 1 aromatic rings. The highest BCUT2D eigenvalue weighted by Crippen LogP contribution is 2.25. The van der Waals surface area contributed by atoms with Crippen molar-refractivity contribution in [2.75, 3.05) is 43.4 Å². The molecule has 0 spiro atoms. The smallest absolute Gasteiger partial charge is 0.337 e. The number of carbonyl (C=O) groups is 1. The molecule has 0 aromatic heterocycles. The van der Waals surface area contributed by atoms with E-state index in [0.29, 0.717) is 11.3 Å². The Morgan fingerprint density at radius 3 is 2.58 bits per heavy atom. The summed E-state index contributed by atoms with van der Waals surface area (Å²) in [6.45, 7) is 6.93. The number of nitrogens with zero attached hydrogens (tertiary/aromatic N) is 2. The number of hydrogen-bond acceptors (Lipinski definition) is 4. The average molecular weight is 263 g/mol. The van der Waals surface area contributed by atoms with Crippen molar-refractivity contribution in [2.24, 2.45) is 0 Å². The van der Waals surface area contributed by atoms with Gasteiger partial charge in [0.15, 0.2) is 0 Å². The summed E-state index contributed by atoms with van der Waals surface area (Å²) < 4.78 is 0. The summed E-state index contributed by atoms with van der Waals surface area (Å²) in [5.74, 6) is -0.897. The maximum absolute atomic E-state index is 11.3. The van der Waals surface area contributed by atoms with Gasteiger partial charge in [0.25, 0.3) is 0 Å². The van der Waals surface area contributed by atoms with Crippen molar-refractivity contribution in [3.63, 3.8) is 0 Å². The molecular formula is C14H21N3O2. The van der Waals surface area contributed by atoms with Gasteiger partial charge in [-0.05, 0) is 31.2 Å². The zero-order valence-electron chi connectivity index (χ0n) is 11.3. The van der Waals surface area contributed by atoms with Crippen LogP contribution in [-0.4, -0.2) is 48.7 Å². The first-order valence-electron chi connectivity index (χ1n) is 6.72. The molecule has 5 nitrogen and oxygen atoms in total. The Kier molecular flexibility index (Phi) is 4.27. The van der Waals surface area contributed by atoms with Gasteiger partial charge in [0.1, 0.15) is 0 Å². The zero-order valence-corrected chi connectivity index (χ0v) is 11.3. The first-order valence-corrected chi connectivity index (χ1v) is 6.72. The fourth-order valence-corrected chi connectivity index (χ4v) is 2.52. The van der Waals surface area contributed by atoms with Crippen LogP contribution in [0.2, 0.25) is 0 Å². The SMILES string of the molecule is CCCN1CCN(c2cc(N)ccc2C(=O)O)CC1. The first kappa shape index (κ1) is 13.7. The van der Waals surface area contributed by atoms with Crippen molar-refractivity contribution in [2.45, 2.75) is 13.3 Å². The molecule has 0 bridgehead atoms. The van der Waals surface area contributed by atoms with Gasteiger partial charge in [-0.15, -0.1) is 0 Å². The molecule has 1 aliphatic rings. The number of piperazine rings is 1. The van der Waals surface area contributed by atoms with E-state index < -0.39 is 5.97 Å². The first-order chi connectivity index (χ1) is 9.11. The molecule has 1 aliphatic heterocycles. The summed E-state index contributed by atoms with van der Waals surface area (Å²) in [5, 5.41) is 9.25. The number of hydrogen-bond donors (Lipinski definition) is 2. The number of benzene rings is 1. The van der Waals surface area contributed by atoms with Gasteiger partial charge in [-0.1, -0.05) is 6.92 Å². The van der Waals surface area contributed by atoms with Gasteiger partial charge < -0.3 is 15.7 Å². The van der Waals surface area contributed by atoms with E-state index in [4.69, 9.17) is 5.73 Å². The van der Waals surface area contributed by atoms with Gasteiger partial charge in [-0.3, -0.25) is 4.90 Å². The van der Waals surface area contributed by atoms with Crippen LogP contribution in [0.3, 0.4) is 0 Å². The molecule has 104 valence electrons. The monoisotopic (exact) mass is 263 g/mol. The van der Waals surface area contributed by atoms with Crippen molar-refractivity contribution in [3.05, 3.63) is 23.8 Å². The van der Waals surface area contributed by atoms with Crippen molar-refractivity contribution >= 4 is 17.3 Å². The Morgan fingerprint density at radius 1 is 1.32 bits per heavy atom. The van der Waals surface area contributed by atoms with E-state index in [2.05, 4.69) is 16.7 Å². The van der Waals surface area contributed by atoms with Gasteiger partial charge in [0.2, 0.25) is 0 Å². The molecule has 5 heteroatoms. The number of carboxylic acids is 1. The number of nitrogen functional groups attached to an aromatic ring is 1. The summed E-state index contributed by atoms with van der Waals surface area (Å²) in [7, 11) is 0. The van der Waals surface area contributed by atoms with E-state index in [1.807, 2.05) is 0 Å². The number of nitrogens with two attached hydrogens (primary N) is 1. The molecule has 19 heavy (non-hydrogen) atoms. The minimum Gasteiger partial charge on any atom is -0.478 e. The number of rotatable bonds is 4. The Hall–Kier alpha value is -1.75. The van der Waals surface area contributed by atoms with Gasteiger partial charge in [0, 0.05) is 31.9 Å². The van der Waals surface area contributed by atoms with Gasteiger partial charge in [-0.25, -0.2) is 4.79 Å². The second-order valence-electron chi connectivity index (χ2n) is 4.91. The lowest BCUT2D eigenvalue weighted by molar-refractivity contribution is 0.0697. The largest absolute Gasteiger partial charge is 0.478 e. The molecule has 3 N–H and O–H groups in total. The van der Waals surface area contributed by atoms with E-state index in [9.17, 15) is 9.90 Å². The maximum Gasteiger partial charge on any atom is 0.337 e. The normalized spacial score (nSPS) is 16.6. The summed E-state index contributed by atoms with van der Waals surface area (Å²) >= 11 is 0. The highest BCUT2D eigenvalue weighted by Gasteiger charge is 2.21. The fraction of sp³-hybridized carbons (Fsp3) is 0.500. The summed E-state index contributed by atoms with van der Waals surface area (Å²) in [6, 6.07) is 4.99. The Balaban J connectivity index is 2.14. The predicted octanol–water partition coefficient (Wildman–Crippen LogP) is 1.50. The Morgan fingerprint density at radius 2 is 2.00 bits per heavy atom. The molecule has 1 fully saturated rings. The van der Waals surface area contributed by atoms with Crippen molar-refractivity contribution < 1.29 is 9.90 Å². The molecule has 1 aromatic carbocycles. The Bertz CT molecular complexity index is 454. The summed E-state index contributed by atoms with van der Waals surface area (Å²) in [6.07, 6.45) is 1.15. The molecule has 2 rings (SSSR count). The van der Waals surface area contributed by atoms with E-state index >= 15 is 0 Å². The van der Waals surface area contributed by atoms with E-state index in [0.717, 1.165) is 44.8 Å². The molecule has 0 unspecified atom stereocenters. The average Bonchev–Trinajstić information content (AvgIpc) is 2.39. The minimum atomic E-state index is -0.897. The van der Waals surface area contributed by atoms with Crippen LogP contribution in [0, 0.1) is 0 Å². The van der Waals surface area contributed by atoms with Gasteiger partial charge in [0.05, 0.1) is 11.3 Å². The van der Waals surface area contributed by atoms with Crippen molar-refractivity contribution in [3.8, 4) is 0 Å². The molecular weight excluding hydrogens is 242 g/mol. The molecule has 1 saturated heterocycles. The third kappa shape index (κ3) is 3.17. The van der Waals surface area contributed by atoms with Crippen molar-refractivity contribution in [1.29, 1.82) is 0 Å². The van der Waals surface area contributed by atoms with Crippen LogP contribution in [0.5, 0.6) is 0 Å². The van der Waals surface area contributed by atoms with Gasteiger partial charge >= 0.3 is 5.97 Å². The van der Waals surface area contributed by atoms with Crippen LogP contribution >= 0.6 is 0 Å². The van der Waals surface area contributed by atoms with Crippen LogP contribution in [0.1, 0.15) is 23.7 Å². The second-order valence-corrected chi connectivity index (χ2v) is 4.91. The standard InChI is InChI=1S/C14H21N3O2/c1-2-5-16-6-8-17(9-7-16)13-10-11(15)3-4-12(13)14(18)19/h3-4,10H,2,5-9,15H2,1H3,(H,18,19). The van der Waals surface area contributed by atoms with Crippen LogP contribution in [0.15, 0.2) is 18.2 Å². The van der Waals surface area contributed by atoms with E-state index in [-0.39, 0.29) is 0 Å². The molecule has 0 atom stereocenters. The molecule has 0 radical (unpaired) electrons. The van der Waals surface area contributed by atoms with Crippen LogP contribution in [-0.2, 0) is 0 Å². The minimum absolute atomic E-state index is 0.332. The van der Waals surface area contributed by atoms with E-state index in [1.165, 1.54) is 0 Å². The lowest BCUT2D eigenvalue weighted by Crippen LogP contribution is -2.47. The fourth-order valence-electron chi connectivity index (χ4n) is 2.52. The lowest BCUT2D eigenvalue weighted by atomic mass is 10.1. The zero-order chi connectivity index (χ0) is 13.8. The Labute approximate surface area is 113 Å². The van der Waals surface area contributed by atoms with Gasteiger partial charge in [-0.2, -0.15) is 0 Å². The topological polar surface area (TPSA) is 69.8 Å². The molecule has 0 aliphatic carbocycles. The predicted molar refractivity (Wildman–Crippen MR) is 76.8 cm³/mol. The number of aromatic carboxylic acids is 1. The maximum atomic E-state index is 11.3. The third-order valence-electron chi connectivity index (χ3n) is 3.51. The van der Waals surface area contributed by atoms with Crippen LogP contribution in [0.4, 0.5) is 11.4 Å². The van der Waals surface area contributed by atoms with Crippen LogP contribution in [0.25, 0.3) is 0 Å². The molecule has 0 saturated carbocycles. The lowest BCUT2D eigenvalue weighted by Gasteiger charge is -2.36. The highest BCUT2D eigenvalue weighted by atomic mass is 16.4. The molecule has 0 amide bonds. The highest BCUT2D eigenvalue weighted by molar-refractivity contribution is 5.95. The molecule has 1 heterocycles. The number of anilines is 2. The van der Waals surface area contributed by atoms with Crippen molar-refractivity contribution in [1.82, 2.24) is 4.90 Å². The summed E-state index contributed by atoms with van der Waals surface area (Å²) in [5.41, 5.74) is 7.46. The van der Waals surface area contributed by atoms with Crippen LogP contribution < -0.4 is 10.6 Å². The summed E-state index contributed by atoms with van der Waals surface area (Å²) in [4.78, 5) is 15.8. The number of carboxylic acid groups (broad SMARTS) is 1. The quantitative estimate of drug-likeness (QED) is 0.806. The second kappa shape index (κ2) is 5.93.